The van der Waals surface area contributed by atoms with E-state index in [-0.39, 0.29) is 0 Å². The Morgan fingerprint density at radius 1 is 0.432 bits per heavy atom. The second kappa shape index (κ2) is 7.70. The van der Waals surface area contributed by atoms with Crippen molar-refractivity contribution >= 4 is 21.9 Å². The second-order valence-electron chi connectivity index (χ2n) is 9.30. The van der Waals surface area contributed by atoms with E-state index < -0.39 is 0 Å². The van der Waals surface area contributed by atoms with Crippen molar-refractivity contribution in [3.8, 4) is 50.5 Å². The number of fused-ring (bicyclic) bond motifs is 11. The first-order valence-corrected chi connectivity index (χ1v) is 12.4. The van der Waals surface area contributed by atoms with Crippen LogP contribution in [-0.2, 0) is 0 Å². The summed E-state index contributed by atoms with van der Waals surface area (Å²) in [5.74, 6) is 0. The third-order valence-corrected chi connectivity index (χ3v) is 7.33. The molecular weight excluding hydrogens is 452 g/mol. The Hall–Kier alpha value is -5.09. The zero-order chi connectivity index (χ0) is 24.3. The molecule has 1 aliphatic rings. The highest BCUT2D eigenvalue weighted by Crippen LogP contribution is 2.46. The predicted octanol–water partition coefficient (Wildman–Crippen LogP) is 7.95. The fraction of sp³-hybridized carbons (Fsp3) is 0. The summed E-state index contributed by atoms with van der Waals surface area (Å²) in [5, 5.41) is 2.35. The monoisotopic (exact) mass is 472 g/mol. The fourth-order valence-corrected chi connectivity index (χ4v) is 5.76. The van der Waals surface area contributed by atoms with Crippen LogP contribution in [0.1, 0.15) is 0 Å². The Balaban J connectivity index is 1.49. The number of rotatable bonds is 1. The molecule has 4 heterocycles. The molecular formula is C33H20N4. The SMILES string of the molecule is c1ccc2c(c1)-c1ccc(-n3c4ccccc4c4cccnc43)cc1-c1cccnc1-c1ncccc1-2. The van der Waals surface area contributed by atoms with Crippen LogP contribution >= 0.6 is 0 Å². The van der Waals surface area contributed by atoms with Gasteiger partial charge in [0.2, 0.25) is 0 Å². The largest absolute Gasteiger partial charge is 0.294 e. The van der Waals surface area contributed by atoms with Gasteiger partial charge in [-0.1, -0.05) is 60.7 Å². The molecule has 0 unspecified atom stereocenters. The van der Waals surface area contributed by atoms with E-state index in [2.05, 4.69) is 89.5 Å². The van der Waals surface area contributed by atoms with Crippen LogP contribution in [0, 0.1) is 0 Å². The lowest BCUT2D eigenvalue weighted by Crippen LogP contribution is -2.02. The van der Waals surface area contributed by atoms with E-state index in [1.165, 1.54) is 16.5 Å². The van der Waals surface area contributed by atoms with Gasteiger partial charge in [-0.2, -0.15) is 0 Å². The van der Waals surface area contributed by atoms with Gasteiger partial charge in [0.05, 0.1) is 16.9 Å². The maximum Gasteiger partial charge on any atom is 0.145 e. The molecule has 0 N–H and O–H groups in total. The Morgan fingerprint density at radius 2 is 1.00 bits per heavy atom. The molecule has 3 aromatic carbocycles. The summed E-state index contributed by atoms with van der Waals surface area (Å²) in [5.41, 5.74) is 11.8. The summed E-state index contributed by atoms with van der Waals surface area (Å²) in [6.45, 7) is 0. The van der Waals surface area contributed by atoms with Crippen LogP contribution in [0.2, 0.25) is 0 Å². The number of pyridine rings is 3. The van der Waals surface area contributed by atoms with E-state index in [9.17, 15) is 0 Å². The van der Waals surface area contributed by atoms with Gasteiger partial charge in [0.1, 0.15) is 5.65 Å². The van der Waals surface area contributed by atoms with Crippen LogP contribution in [0.15, 0.2) is 122 Å². The molecule has 37 heavy (non-hydrogen) atoms. The van der Waals surface area contributed by atoms with Crippen LogP contribution in [0.5, 0.6) is 0 Å². The van der Waals surface area contributed by atoms with Crippen molar-refractivity contribution in [2.75, 3.05) is 0 Å². The molecule has 8 rings (SSSR count). The van der Waals surface area contributed by atoms with Crippen LogP contribution in [0.25, 0.3) is 72.4 Å². The summed E-state index contributed by atoms with van der Waals surface area (Å²) >= 11 is 0. The van der Waals surface area contributed by atoms with Crippen molar-refractivity contribution < 1.29 is 0 Å². The summed E-state index contributed by atoms with van der Waals surface area (Å²) in [4.78, 5) is 14.4. The Morgan fingerprint density at radius 3 is 1.81 bits per heavy atom. The molecule has 0 bridgehead atoms. The zero-order valence-corrected chi connectivity index (χ0v) is 19.8. The fourth-order valence-electron chi connectivity index (χ4n) is 5.76. The number of nitrogens with zero attached hydrogens (tertiary/aromatic N) is 4. The van der Waals surface area contributed by atoms with Gasteiger partial charge in [0, 0.05) is 46.2 Å². The molecule has 0 fully saturated rings. The standard InChI is InChI=1S/C33H20N4/c1-2-9-23-22(8-1)24-16-15-21(37-30-14-4-3-10-25(30)28-13-7-19-36-33(28)37)20-29(24)27-12-6-18-35-32(27)31-26(23)11-5-17-34-31/h1-20H. The molecule has 0 atom stereocenters. The molecule has 1 aliphatic carbocycles. The minimum Gasteiger partial charge on any atom is -0.294 e. The molecule has 7 aromatic rings. The third-order valence-electron chi connectivity index (χ3n) is 7.33. The van der Waals surface area contributed by atoms with Crippen molar-refractivity contribution in [1.82, 2.24) is 19.5 Å². The van der Waals surface area contributed by atoms with Gasteiger partial charge in [-0.15, -0.1) is 0 Å². The Bertz CT molecular complexity index is 1940. The number of hydrogen-bond donors (Lipinski definition) is 0. The number of aromatic nitrogens is 4. The maximum atomic E-state index is 4.84. The highest BCUT2D eigenvalue weighted by Gasteiger charge is 2.24. The third kappa shape index (κ3) is 2.87. The van der Waals surface area contributed by atoms with E-state index in [1.807, 2.05) is 36.8 Å². The highest BCUT2D eigenvalue weighted by molar-refractivity contribution is 6.08. The average Bonchev–Trinajstić information content (AvgIpc) is 3.31. The van der Waals surface area contributed by atoms with Gasteiger partial charge >= 0.3 is 0 Å². The molecule has 0 aliphatic heterocycles. The first kappa shape index (κ1) is 20.1. The summed E-state index contributed by atoms with van der Waals surface area (Å²) in [6.07, 6.45) is 5.57. The molecule has 4 nitrogen and oxygen atoms in total. The Labute approximate surface area is 213 Å². The van der Waals surface area contributed by atoms with Gasteiger partial charge in [-0.05, 0) is 64.7 Å². The number of hydrogen-bond acceptors (Lipinski definition) is 3. The van der Waals surface area contributed by atoms with E-state index in [4.69, 9.17) is 15.0 Å². The zero-order valence-electron chi connectivity index (χ0n) is 19.8. The highest BCUT2D eigenvalue weighted by atomic mass is 15.0. The van der Waals surface area contributed by atoms with Crippen molar-refractivity contribution in [2.45, 2.75) is 0 Å². The van der Waals surface area contributed by atoms with Gasteiger partial charge in [-0.3, -0.25) is 14.5 Å². The van der Waals surface area contributed by atoms with Gasteiger partial charge in [0.15, 0.2) is 0 Å². The summed E-state index contributed by atoms with van der Waals surface area (Å²) in [7, 11) is 0. The lowest BCUT2D eigenvalue weighted by Gasteiger charge is -2.22. The Kier molecular flexibility index (Phi) is 4.19. The average molecular weight is 473 g/mol. The maximum absolute atomic E-state index is 4.84. The van der Waals surface area contributed by atoms with Crippen LogP contribution < -0.4 is 0 Å². The quantitative estimate of drug-likeness (QED) is 0.243. The lowest BCUT2D eigenvalue weighted by atomic mass is 9.84. The minimum atomic E-state index is 0.895. The molecule has 0 saturated carbocycles. The molecule has 0 saturated heterocycles. The van der Waals surface area contributed by atoms with Crippen LogP contribution in [0.4, 0.5) is 0 Å². The van der Waals surface area contributed by atoms with E-state index >= 15 is 0 Å². The minimum absolute atomic E-state index is 0.895. The normalized spacial score (nSPS) is 11.8. The number of benzene rings is 3. The van der Waals surface area contributed by atoms with E-state index in [0.29, 0.717) is 0 Å². The molecule has 4 aromatic heterocycles. The molecule has 4 heteroatoms. The molecule has 0 spiro atoms. The smallest absolute Gasteiger partial charge is 0.145 e. The van der Waals surface area contributed by atoms with Crippen molar-refractivity contribution in [3.05, 3.63) is 122 Å². The van der Waals surface area contributed by atoms with E-state index in [0.717, 1.165) is 55.9 Å². The van der Waals surface area contributed by atoms with Crippen molar-refractivity contribution in [2.24, 2.45) is 0 Å². The molecule has 0 amide bonds. The lowest BCUT2D eigenvalue weighted by molar-refractivity contribution is 1.14. The van der Waals surface area contributed by atoms with E-state index in [1.54, 1.807) is 0 Å². The molecule has 172 valence electrons. The number of para-hydroxylation sites is 1. The first-order chi connectivity index (χ1) is 18.4. The van der Waals surface area contributed by atoms with Gasteiger partial charge in [-0.25, -0.2) is 4.98 Å². The van der Waals surface area contributed by atoms with Crippen molar-refractivity contribution in [3.63, 3.8) is 0 Å². The summed E-state index contributed by atoms with van der Waals surface area (Å²) < 4.78 is 2.26. The van der Waals surface area contributed by atoms with Gasteiger partial charge < -0.3 is 0 Å². The topological polar surface area (TPSA) is 43.6 Å². The first-order valence-electron chi connectivity index (χ1n) is 12.4. The summed E-state index contributed by atoms with van der Waals surface area (Å²) in [6, 6.07) is 36.3. The van der Waals surface area contributed by atoms with Crippen LogP contribution in [-0.4, -0.2) is 19.5 Å². The predicted molar refractivity (Wildman–Crippen MR) is 149 cm³/mol. The molecule has 0 radical (unpaired) electrons. The second-order valence-corrected chi connectivity index (χ2v) is 9.30. The van der Waals surface area contributed by atoms with Crippen LogP contribution in [0.3, 0.4) is 0 Å². The van der Waals surface area contributed by atoms with Gasteiger partial charge in [0.25, 0.3) is 0 Å². The van der Waals surface area contributed by atoms with Crippen molar-refractivity contribution in [1.29, 1.82) is 0 Å².